The summed E-state index contributed by atoms with van der Waals surface area (Å²) >= 11 is 0. The van der Waals surface area contributed by atoms with Gasteiger partial charge in [0.2, 0.25) is 0 Å². The highest BCUT2D eigenvalue weighted by Gasteiger charge is 2.37. The van der Waals surface area contributed by atoms with Gasteiger partial charge in [0.15, 0.2) is 0 Å². The first-order chi connectivity index (χ1) is 17.8. The predicted molar refractivity (Wildman–Crippen MR) is 135 cm³/mol. The highest BCUT2D eigenvalue weighted by atomic mass is 19.3. The fraction of sp³-hybridized carbons (Fsp3) is 0.556. The molecule has 2 aromatic rings. The van der Waals surface area contributed by atoms with Crippen molar-refractivity contribution in [1.29, 1.82) is 0 Å². The number of alkyl halides is 2. The minimum Gasteiger partial charge on any atom is -0.461 e. The van der Waals surface area contributed by atoms with Gasteiger partial charge in [0.25, 0.3) is 11.8 Å². The zero-order valence-electron chi connectivity index (χ0n) is 21.3. The minimum atomic E-state index is -2.66. The van der Waals surface area contributed by atoms with Crippen molar-refractivity contribution in [2.45, 2.75) is 76.2 Å². The van der Waals surface area contributed by atoms with Crippen molar-refractivity contribution in [2.75, 3.05) is 19.6 Å². The highest BCUT2D eigenvalue weighted by Crippen LogP contribution is 2.32. The number of rotatable bonds is 9. The summed E-state index contributed by atoms with van der Waals surface area (Å²) in [6.45, 7) is 4.46. The van der Waals surface area contributed by atoms with Crippen molar-refractivity contribution >= 4 is 12.0 Å². The maximum absolute atomic E-state index is 13.9. The van der Waals surface area contributed by atoms with E-state index in [9.17, 15) is 13.6 Å². The lowest BCUT2D eigenvalue weighted by atomic mass is 10.0. The van der Waals surface area contributed by atoms with Crippen LogP contribution in [0.25, 0.3) is 6.08 Å². The summed E-state index contributed by atoms with van der Waals surface area (Å²) in [5.41, 5.74) is 1.30. The molecular weight excluding hydrogens is 478 g/mol. The molecule has 2 unspecified atom stereocenters. The third kappa shape index (κ3) is 6.48. The predicted octanol–water partition coefficient (Wildman–Crippen LogP) is 2.35. The van der Waals surface area contributed by atoms with Crippen molar-refractivity contribution in [3.63, 3.8) is 0 Å². The summed E-state index contributed by atoms with van der Waals surface area (Å²) in [6.07, 6.45) is 8.04. The minimum absolute atomic E-state index is 0.0440. The summed E-state index contributed by atoms with van der Waals surface area (Å²) < 4.78 is 33.3. The molecule has 1 amide bonds. The van der Waals surface area contributed by atoms with Gasteiger partial charge in [-0.05, 0) is 38.8 Å². The van der Waals surface area contributed by atoms with E-state index in [-0.39, 0.29) is 62.7 Å². The number of nitrogens with zero attached hydrogens (tertiary/aromatic N) is 4. The van der Waals surface area contributed by atoms with Crippen molar-refractivity contribution in [1.82, 2.24) is 25.5 Å². The quantitative estimate of drug-likeness (QED) is 0.536. The number of halogens is 2. The van der Waals surface area contributed by atoms with E-state index in [1.807, 2.05) is 30.9 Å². The van der Waals surface area contributed by atoms with Crippen LogP contribution < -0.4 is 25.9 Å². The Labute approximate surface area is 215 Å². The molecule has 1 aromatic heterocycles. The van der Waals surface area contributed by atoms with Crippen molar-refractivity contribution in [3.05, 3.63) is 52.3 Å². The zero-order chi connectivity index (χ0) is 26.0. The SMILES string of the molecule is CC(C)Oc1ncc(C(CNC(=O)c2cccc3c2=CCC(NC2CC2)N=3)N2CCC(F)(F)CC2)cn1. The molecular formula is C27H34F2N6O2. The van der Waals surface area contributed by atoms with E-state index in [4.69, 9.17) is 9.73 Å². The first-order valence-corrected chi connectivity index (χ1v) is 13.1. The van der Waals surface area contributed by atoms with E-state index in [0.717, 1.165) is 22.6 Å². The Morgan fingerprint density at radius 3 is 2.59 bits per heavy atom. The fourth-order valence-electron chi connectivity index (χ4n) is 4.83. The summed E-state index contributed by atoms with van der Waals surface area (Å²) in [5.74, 6) is -2.88. The zero-order valence-corrected chi connectivity index (χ0v) is 21.3. The van der Waals surface area contributed by atoms with E-state index in [1.165, 1.54) is 12.8 Å². The Balaban J connectivity index is 1.32. The molecule has 0 spiro atoms. The van der Waals surface area contributed by atoms with Gasteiger partial charge >= 0.3 is 6.01 Å². The normalized spacial score (nSPS) is 21.9. The molecule has 198 valence electrons. The Morgan fingerprint density at radius 1 is 1.19 bits per heavy atom. The van der Waals surface area contributed by atoms with Gasteiger partial charge in [-0.1, -0.05) is 12.1 Å². The number of aromatic nitrogens is 2. The van der Waals surface area contributed by atoms with Crippen LogP contribution in [0.4, 0.5) is 8.78 Å². The highest BCUT2D eigenvalue weighted by molar-refractivity contribution is 5.94. The Bertz CT molecular complexity index is 1220. The number of ether oxygens (including phenoxy) is 1. The molecule has 8 nitrogen and oxygen atoms in total. The Hall–Kier alpha value is -2.98. The van der Waals surface area contributed by atoms with Gasteiger partial charge in [-0.3, -0.25) is 20.0 Å². The number of hydrogen-bond donors (Lipinski definition) is 2. The number of likely N-dealkylation sites (tertiary alicyclic amines) is 1. The summed E-state index contributed by atoms with van der Waals surface area (Å²) in [7, 11) is 0. The summed E-state index contributed by atoms with van der Waals surface area (Å²) in [5, 5.41) is 8.19. The van der Waals surface area contributed by atoms with Crippen LogP contribution in [0.1, 0.15) is 67.9 Å². The van der Waals surface area contributed by atoms with Gasteiger partial charge in [-0.25, -0.2) is 18.7 Å². The number of carbonyl (C=O) groups excluding carboxylic acids is 1. The fourth-order valence-corrected chi connectivity index (χ4v) is 4.83. The topological polar surface area (TPSA) is 91.7 Å². The molecule has 2 atom stereocenters. The smallest absolute Gasteiger partial charge is 0.316 e. The first kappa shape index (κ1) is 25.7. The molecule has 10 heteroatoms. The number of hydrogen-bond acceptors (Lipinski definition) is 7. The molecule has 1 aromatic carbocycles. The number of amides is 1. The lowest BCUT2D eigenvalue weighted by Gasteiger charge is -2.37. The number of carbonyl (C=O) groups is 1. The molecule has 1 saturated heterocycles. The van der Waals surface area contributed by atoms with Crippen LogP contribution in [0.15, 0.2) is 35.6 Å². The Morgan fingerprint density at radius 2 is 1.92 bits per heavy atom. The van der Waals surface area contributed by atoms with Crippen LogP contribution in [0.2, 0.25) is 0 Å². The molecule has 2 N–H and O–H groups in total. The van der Waals surface area contributed by atoms with Gasteiger partial charge in [0, 0.05) is 73.7 Å². The average Bonchev–Trinajstić information content (AvgIpc) is 3.69. The van der Waals surface area contributed by atoms with E-state index >= 15 is 0 Å². The molecule has 0 bridgehead atoms. The molecule has 37 heavy (non-hydrogen) atoms. The average molecular weight is 513 g/mol. The summed E-state index contributed by atoms with van der Waals surface area (Å²) in [4.78, 5) is 28.7. The number of fused-ring (bicyclic) bond motifs is 1. The second-order valence-electron chi connectivity index (χ2n) is 10.3. The Kier molecular flexibility index (Phi) is 7.48. The molecule has 0 radical (unpaired) electrons. The van der Waals surface area contributed by atoms with Crippen LogP contribution in [0, 0.1) is 0 Å². The van der Waals surface area contributed by atoms with E-state index in [2.05, 4.69) is 26.7 Å². The molecule has 3 heterocycles. The van der Waals surface area contributed by atoms with E-state index in [1.54, 1.807) is 18.5 Å². The van der Waals surface area contributed by atoms with Crippen LogP contribution in [-0.2, 0) is 0 Å². The number of benzene rings is 1. The largest absolute Gasteiger partial charge is 0.461 e. The maximum atomic E-state index is 13.9. The lowest BCUT2D eigenvalue weighted by molar-refractivity contribution is -0.0632. The van der Waals surface area contributed by atoms with E-state index in [0.29, 0.717) is 11.6 Å². The molecule has 1 saturated carbocycles. The van der Waals surface area contributed by atoms with Crippen molar-refractivity contribution in [2.24, 2.45) is 4.99 Å². The second-order valence-corrected chi connectivity index (χ2v) is 10.3. The molecule has 2 aliphatic heterocycles. The standard InChI is InChI=1S/C27H34F2N6O2/c1-17(2)37-26-31-14-18(15-32-26)23(35-12-10-27(28,29)11-13-35)16-30-25(36)21-4-3-5-22-20(21)8-9-24(34-22)33-19-6-7-19/h3-5,8,14-15,17,19,23-24,33H,6-7,9-13,16H2,1-2H3,(H,30,36). The van der Waals surface area contributed by atoms with Crippen molar-refractivity contribution < 1.29 is 18.3 Å². The third-order valence-electron chi connectivity index (χ3n) is 6.97. The molecule has 5 rings (SSSR count). The lowest BCUT2D eigenvalue weighted by Crippen LogP contribution is -2.46. The van der Waals surface area contributed by atoms with Gasteiger partial charge < -0.3 is 10.1 Å². The van der Waals surface area contributed by atoms with Crippen LogP contribution in [0.3, 0.4) is 0 Å². The molecule has 1 aliphatic carbocycles. The second kappa shape index (κ2) is 10.8. The van der Waals surface area contributed by atoms with Gasteiger partial charge in [0.1, 0.15) is 6.17 Å². The van der Waals surface area contributed by atoms with Crippen LogP contribution >= 0.6 is 0 Å². The first-order valence-electron chi connectivity index (χ1n) is 13.1. The molecule has 2 fully saturated rings. The van der Waals surface area contributed by atoms with Crippen LogP contribution in [-0.4, -0.2) is 64.6 Å². The molecule has 3 aliphatic rings. The van der Waals surface area contributed by atoms with Gasteiger partial charge in [-0.15, -0.1) is 0 Å². The maximum Gasteiger partial charge on any atom is 0.316 e. The van der Waals surface area contributed by atoms with Crippen LogP contribution in [0.5, 0.6) is 6.01 Å². The van der Waals surface area contributed by atoms with Gasteiger partial charge in [-0.2, -0.15) is 0 Å². The monoisotopic (exact) mass is 512 g/mol. The van der Waals surface area contributed by atoms with E-state index < -0.39 is 5.92 Å². The third-order valence-corrected chi connectivity index (χ3v) is 6.97. The van der Waals surface area contributed by atoms with Gasteiger partial charge in [0.05, 0.1) is 17.5 Å². The number of nitrogens with one attached hydrogen (secondary N) is 2. The van der Waals surface area contributed by atoms with Crippen molar-refractivity contribution in [3.8, 4) is 6.01 Å². The number of piperidine rings is 1. The summed E-state index contributed by atoms with van der Waals surface area (Å²) in [6, 6.07) is 6.04.